The molecule has 1 aromatic heterocycles. The SMILES string of the molecule is O=C(CN1C(=O)[C@@H]2[C@H]3C[C@@H]([C@@H]2C1=O)[C@H]1[C@@H](c2ccccc2)c2sc(=O)[nH]c2S[C@H]31)Nc1ccccc1. The summed E-state index contributed by atoms with van der Waals surface area (Å²) in [5.74, 6) is -1.30. The molecule has 3 heterocycles. The van der Waals surface area contributed by atoms with Gasteiger partial charge in [0.25, 0.3) is 0 Å². The van der Waals surface area contributed by atoms with Crippen LogP contribution >= 0.6 is 23.1 Å². The van der Waals surface area contributed by atoms with Crippen LogP contribution in [0.25, 0.3) is 0 Å². The first-order valence-electron chi connectivity index (χ1n) is 12.2. The number of imide groups is 1. The molecule has 3 amide bonds. The van der Waals surface area contributed by atoms with Crippen LogP contribution in [-0.4, -0.2) is 39.4 Å². The van der Waals surface area contributed by atoms with Gasteiger partial charge < -0.3 is 10.3 Å². The van der Waals surface area contributed by atoms with Crippen molar-refractivity contribution >= 4 is 46.5 Å². The average molecular weight is 518 g/mol. The van der Waals surface area contributed by atoms with E-state index in [-0.39, 0.29) is 64.0 Å². The summed E-state index contributed by atoms with van der Waals surface area (Å²) in [7, 11) is 0. The molecular weight excluding hydrogens is 494 g/mol. The number of aromatic nitrogens is 1. The second-order valence-electron chi connectivity index (χ2n) is 10.0. The van der Waals surface area contributed by atoms with Gasteiger partial charge in [0, 0.05) is 21.7 Å². The van der Waals surface area contributed by atoms with Crippen molar-refractivity contribution in [3.8, 4) is 0 Å². The van der Waals surface area contributed by atoms with Gasteiger partial charge in [0.05, 0.1) is 16.9 Å². The molecule has 2 aliphatic carbocycles. The number of carbonyl (C=O) groups is 3. The van der Waals surface area contributed by atoms with Gasteiger partial charge in [-0.05, 0) is 41.9 Å². The van der Waals surface area contributed by atoms with E-state index in [1.807, 2.05) is 36.4 Å². The molecule has 0 spiro atoms. The lowest BCUT2D eigenvalue weighted by molar-refractivity contribution is -0.143. The van der Waals surface area contributed by atoms with Crippen LogP contribution in [0.2, 0.25) is 0 Å². The third-order valence-electron chi connectivity index (χ3n) is 8.33. The van der Waals surface area contributed by atoms with Crippen LogP contribution in [0.1, 0.15) is 22.8 Å². The number of carbonyl (C=O) groups excluding carboxylic acids is 3. The summed E-state index contributed by atoms with van der Waals surface area (Å²) in [5, 5.41) is 3.83. The molecule has 2 bridgehead atoms. The number of para-hydroxylation sites is 1. The molecule has 182 valence electrons. The highest BCUT2D eigenvalue weighted by molar-refractivity contribution is 8.00. The fraction of sp³-hybridized carbons (Fsp3) is 0.333. The molecule has 2 aliphatic heterocycles. The molecular formula is C27H23N3O4S2. The van der Waals surface area contributed by atoms with E-state index >= 15 is 0 Å². The van der Waals surface area contributed by atoms with Gasteiger partial charge in [-0.1, -0.05) is 59.9 Å². The number of thioether (sulfide) groups is 1. The van der Waals surface area contributed by atoms with Crippen molar-refractivity contribution in [2.24, 2.45) is 29.6 Å². The summed E-state index contributed by atoms with van der Waals surface area (Å²) in [4.78, 5) is 57.3. The van der Waals surface area contributed by atoms with Crippen molar-refractivity contribution in [2.45, 2.75) is 22.6 Å². The minimum absolute atomic E-state index is 0.0191. The van der Waals surface area contributed by atoms with Crippen LogP contribution in [0, 0.1) is 29.6 Å². The topological polar surface area (TPSA) is 99.3 Å². The van der Waals surface area contributed by atoms with E-state index in [1.165, 1.54) is 16.2 Å². The number of nitrogens with zero attached hydrogens (tertiary/aromatic N) is 1. The van der Waals surface area contributed by atoms with E-state index in [4.69, 9.17) is 0 Å². The maximum atomic E-state index is 13.6. The predicted octanol–water partition coefficient (Wildman–Crippen LogP) is 3.55. The van der Waals surface area contributed by atoms with E-state index in [9.17, 15) is 19.2 Å². The maximum Gasteiger partial charge on any atom is 0.305 e. The summed E-state index contributed by atoms with van der Waals surface area (Å²) in [6.07, 6.45) is 0.835. The fourth-order valence-corrected chi connectivity index (χ4v) is 10.0. The highest BCUT2D eigenvalue weighted by Crippen LogP contribution is 2.68. The molecule has 4 aliphatic rings. The largest absolute Gasteiger partial charge is 0.325 e. The molecule has 0 radical (unpaired) electrons. The Morgan fingerprint density at radius 3 is 2.33 bits per heavy atom. The Morgan fingerprint density at radius 1 is 0.944 bits per heavy atom. The molecule has 36 heavy (non-hydrogen) atoms. The Labute approximate surface area is 215 Å². The molecule has 3 aromatic rings. The number of benzene rings is 2. The fourth-order valence-electron chi connectivity index (χ4n) is 7.13. The Morgan fingerprint density at radius 2 is 1.61 bits per heavy atom. The number of likely N-dealkylation sites (tertiary alicyclic amines) is 1. The number of fused-ring (bicyclic) bond motifs is 9. The Hall–Kier alpha value is -3.17. The first kappa shape index (κ1) is 22.1. The number of anilines is 1. The lowest BCUT2D eigenvalue weighted by Gasteiger charge is -2.43. The van der Waals surface area contributed by atoms with Gasteiger partial charge >= 0.3 is 4.87 Å². The minimum atomic E-state index is -0.391. The second-order valence-corrected chi connectivity index (χ2v) is 12.3. The molecule has 2 aromatic carbocycles. The highest BCUT2D eigenvalue weighted by Gasteiger charge is 2.69. The summed E-state index contributed by atoms with van der Waals surface area (Å²) >= 11 is 2.93. The third kappa shape index (κ3) is 3.18. The highest BCUT2D eigenvalue weighted by atomic mass is 32.2. The summed E-state index contributed by atoms with van der Waals surface area (Å²) < 4.78 is 0. The molecule has 7 atom stereocenters. The molecule has 3 fully saturated rings. The molecule has 2 saturated carbocycles. The van der Waals surface area contributed by atoms with E-state index in [1.54, 1.807) is 23.9 Å². The Balaban J connectivity index is 1.20. The lowest BCUT2D eigenvalue weighted by Crippen LogP contribution is -2.42. The third-order valence-corrected chi connectivity index (χ3v) is 10.9. The van der Waals surface area contributed by atoms with Gasteiger partial charge in [-0.2, -0.15) is 0 Å². The van der Waals surface area contributed by atoms with Crippen molar-refractivity contribution in [3.05, 3.63) is 80.8 Å². The van der Waals surface area contributed by atoms with Gasteiger partial charge in [0.15, 0.2) is 0 Å². The van der Waals surface area contributed by atoms with Gasteiger partial charge in [0.2, 0.25) is 17.7 Å². The molecule has 2 N–H and O–H groups in total. The number of rotatable bonds is 4. The zero-order valence-corrected chi connectivity index (χ0v) is 20.8. The molecule has 7 nitrogen and oxygen atoms in total. The number of hydrogen-bond acceptors (Lipinski definition) is 6. The standard InChI is InChI=1S/C27H23N3O4S2/c31-17(28-14-9-5-2-6-10-14)12-30-25(32)20-15-11-16(21(20)26(30)33)22-19(15)18(13-7-3-1-4-8-13)23-24(35-22)29-27(34)36-23/h1-10,15-16,18-22H,11-12H2,(H,28,31)(H,29,34)/t15-,16-,18-,19+,20+,21-,22-/m1/s1. The molecule has 7 rings (SSSR count). The van der Waals surface area contributed by atoms with Crippen molar-refractivity contribution in [1.29, 1.82) is 0 Å². The van der Waals surface area contributed by atoms with E-state index in [0.717, 1.165) is 21.9 Å². The van der Waals surface area contributed by atoms with Crippen LogP contribution in [-0.2, 0) is 14.4 Å². The van der Waals surface area contributed by atoms with E-state index in [0.29, 0.717) is 5.69 Å². The van der Waals surface area contributed by atoms with Crippen molar-refractivity contribution < 1.29 is 14.4 Å². The van der Waals surface area contributed by atoms with Crippen LogP contribution in [0.3, 0.4) is 0 Å². The maximum absolute atomic E-state index is 13.6. The number of aromatic amines is 1. The normalized spacial score (nSPS) is 31.8. The zero-order chi connectivity index (χ0) is 24.6. The van der Waals surface area contributed by atoms with Crippen LogP contribution in [0.5, 0.6) is 0 Å². The van der Waals surface area contributed by atoms with Crippen LogP contribution < -0.4 is 10.2 Å². The molecule has 9 heteroatoms. The Kier molecular flexibility index (Phi) is 5.01. The number of thiazole rings is 1. The number of hydrogen-bond donors (Lipinski definition) is 2. The lowest BCUT2D eigenvalue weighted by atomic mass is 9.68. The molecule has 0 unspecified atom stereocenters. The summed E-state index contributed by atoms with van der Waals surface area (Å²) in [5.41, 5.74) is 1.78. The first-order chi connectivity index (χ1) is 17.5. The molecule has 1 saturated heterocycles. The van der Waals surface area contributed by atoms with Crippen molar-refractivity contribution in [1.82, 2.24) is 9.88 Å². The zero-order valence-electron chi connectivity index (χ0n) is 19.1. The van der Waals surface area contributed by atoms with Crippen molar-refractivity contribution in [3.63, 3.8) is 0 Å². The predicted molar refractivity (Wildman–Crippen MR) is 137 cm³/mol. The second kappa shape index (κ2) is 8.18. The van der Waals surface area contributed by atoms with Gasteiger partial charge in [-0.25, -0.2) is 0 Å². The number of nitrogens with one attached hydrogen (secondary N) is 2. The first-order valence-corrected chi connectivity index (χ1v) is 13.9. The van der Waals surface area contributed by atoms with E-state index in [2.05, 4.69) is 22.4 Å². The minimum Gasteiger partial charge on any atom is -0.325 e. The monoisotopic (exact) mass is 517 g/mol. The number of amides is 3. The van der Waals surface area contributed by atoms with Crippen LogP contribution in [0.4, 0.5) is 5.69 Å². The van der Waals surface area contributed by atoms with Gasteiger partial charge in [-0.15, -0.1) is 11.8 Å². The number of H-pyrrole nitrogens is 1. The quantitative estimate of drug-likeness (QED) is 0.516. The smallest absolute Gasteiger partial charge is 0.305 e. The van der Waals surface area contributed by atoms with Gasteiger partial charge in [-0.3, -0.25) is 24.1 Å². The average Bonchev–Trinajstić information content (AvgIpc) is 3.61. The summed E-state index contributed by atoms with van der Waals surface area (Å²) in [6.45, 7) is -0.260. The van der Waals surface area contributed by atoms with Gasteiger partial charge in [0.1, 0.15) is 6.54 Å². The summed E-state index contributed by atoms with van der Waals surface area (Å²) in [6, 6.07) is 19.2. The van der Waals surface area contributed by atoms with E-state index < -0.39 is 5.92 Å². The van der Waals surface area contributed by atoms with Crippen LogP contribution in [0.15, 0.2) is 70.5 Å². The Bertz CT molecular complexity index is 1440. The van der Waals surface area contributed by atoms with Crippen molar-refractivity contribution in [2.75, 3.05) is 11.9 Å².